The molecule has 2 fully saturated rings. The van der Waals surface area contributed by atoms with Gasteiger partial charge in [-0.1, -0.05) is 103 Å². The van der Waals surface area contributed by atoms with Gasteiger partial charge in [-0.3, -0.25) is 43.9 Å². The summed E-state index contributed by atoms with van der Waals surface area (Å²) in [6.45, 7) is 15.9. The fraction of sp³-hybridized carbons (Fsp3) is 0.644. The Hall–Kier alpha value is -6.01. The molecular weight excluding hydrogens is 1040 g/mol. The van der Waals surface area contributed by atoms with Crippen molar-refractivity contribution in [2.24, 2.45) is 23.7 Å². The number of rotatable bonds is 35. The summed E-state index contributed by atoms with van der Waals surface area (Å²) in [6.07, 6.45) is 1.10. The number of carbonyl (C=O) groups excluding carboxylic acids is 7. The summed E-state index contributed by atoms with van der Waals surface area (Å²) in [5, 5.41) is 15.1. The molecule has 2 aliphatic heterocycles. The van der Waals surface area contributed by atoms with Crippen LogP contribution in [0.5, 0.6) is 0 Å². The third-order valence-corrected chi connectivity index (χ3v) is 15.2. The summed E-state index contributed by atoms with van der Waals surface area (Å²) in [6, 6.07) is 16.3. The topological polar surface area (TPSA) is 251 Å². The smallest absolute Gasteiger partial charge is 0.335 e. The molecule has 2 aliphatic rings. The maximum atomic E-state index is 14.7. The molecule has 0 unspecified atom stereocenters. The zero-order valence-electron chi connectivity index (χ0n) is 49.3. The van der Waals surface area contributed by atoms with Crippen molar-refractivity contribution in [3.63, 3.8) is 0 Å². The summed E-state index contributed by atoms with van der Waals surface area (Å²) in [7, 11) is 6.81. The first-order chi connectivity index (χ1) is 38.8. The van der Waals surface area contributed by atoms with Gasteiger partial charge in [0.25, 0.3) is 11.8 Å². The summed E-state index contributed by atoms with van der Waals surface area (Å²) in [4.78, 5) is 103. The highest BCUT2D eigenvalue weighted by molar-refractivity contribution is 6.01. The van der Waals surface area contributed by atoms with Crippen LogP contribution in [-0.2, 0) is 68.5 Å². The second-order valence-electron chi connectivity index (χ2n) is 21.7. The number of hydrogen-bond acceptors (Lipinski definition) is 18. The molecule has 0 aliphatic carbocycles. The van der Waals surface area contributed by atoms with Gasteiger partial charge in [-0.25, -0.2) is 4.79 Å². The van der Waals surface area contributed by atoms with E-state index in [9.17, 15) is 33.6 Å². The third-order valence-electron chi connectivity index (χ3n) is 15.2. The summed E-state index contributed by atoms with van der Waals surface area (Å²) in [5.41, 5.74) is 1.73. The second kappa shape index (κ2) is 33.2. The van der Waals surface area contributed by atoms with Crippen molar-refractivity contribution in [1.82, 2.24) is 40.6 Å². The molecule has 0 saturated carbocycles. The lowest BCUT2D eigenvalue weighted by atomic mass is 9.87. The maximum Gasteiger partial charge on any atom is 0.335 e. The Labute approximate surface area is 477 Å². The first-order valence-corrected chi connectivity index (χ1v) is 28.5. The molecule has 0 spiro atoms. The van der Waals surface area contributed by atoms with Gasteiger partial charge in [0.2, 0.25) is 35.4 Å². The number of benzene rings is 2. The number of nitrogens with zero attached hydrogens (tertiary/aromatic N) is 6. The quantitative estimate of drug-likeness (QED) is 0.0567. The van der Waals surface area contributed by atoms with Gasteiger partial charge in [0.1, 0.15) is 6.04 Å². The van der Waals surface area contributed by atoms with Crippen molar-refractivity contribution in [1.29, 1.82) is 0 Å². The Morgan fingerprint density at radius 3 is 1.94 bits per heavy atom. The highest BCUT2D eigenvalue weighted by Crippen LogP contribution is 2.32. The molecule has 0 radical (unpaired) electrons. The number of amides is 6. The standard InChI is InChI=1S/C59H88N8O14/c1-12-40(6)53(65(9)52(39(4)5)57(74)61-56(73)51(38(2)3)64(8)29-31-78-33-35-79-34-32-77-30-27-50(71)81-67-47(68)25-26-48(67)69)46(75-10)37-49(70)66-28-19-24-45(66)54(76-11)41(7)55(72)60-44(36-42-20-15-13-16-21-42)59-63-62-58(80-59)43-22-17-14-18-23-43/h13-18,20-23,38-41,44-46,51-54H,12,19,24-37H2,1-11H3,(H,60,72)(H,61,73,74)/t40-,41+,44-,45-,46+,51-,52-,53-,54+/m0/s1. The number of nitrogens with one attached hydrogen (secondary N) is 2. The van der Waals surface area contributed by atoms with Gasteiger partial charge in [-0.2, -0.15) is 0 Å². The largest absolute Gasteiger partial charge is 0.418 e. The molecule has 22 nitrogen and oxygen atoms in total. The van der Waals surface area contributed by atoms with Crippen LogP contribution in [0, 0.1) is 23.7 Å². The number of hydroxylamine groups is 2. The number of methoxy groups -OCH3 is 2. The predicted octanol–water partition coefficient (Wildman–Crippen LogP) is 5.20. The molecule has 3 heterocycles. The molecule has 2 aromatic carbocycles. The monoisotopic (exact) mass is 1130 g/mol. The van der Waals surface area contributed by atoms with Gasteiger partial charge >= 0.3 is 5.97 Å². The first kappa shape index (κ1) is 65.8. The van der Waals surface area contributed by atoms with Crippen molar-refractivity contribution in [3.8, 4) is 11.5 Å². The Morgan fingerprint density at radius 2 is 1.35 bits per heavy atom. The van der Waals surface area contributed by atoms with Gasteiger partial charge in [0.15, 0.2) is 0 Å². The Morgan fingerprint density at radius 1 is 0.753 bits per heavy atom. The van der Waals surface area contributed by atoms with Crippen molar-refractivity contribution in [2.45, 2.75) is 142 Å². The molecule has 2 saturated heterocycles. The molecule has 0 bridgehead atoms. The fourth-order valence-corrected chi connectivity index (χ4v) is 10.9. The molecule has 5 rings (SSSR count). The van der Waals surface area contributed by atoms with Crippen LogP contribution in [0.15, 0.2) is 65.1 Å². The number of likely N-dealkylation sites (N-methyl/N-ethyl adjacent to an activating group) is 2. The maximum absolute atomic E-state index is 14.7. The highest BCUT2D eigenvalue weighted by Gasteiger charge is 2.44. The van der Waals surface area contributed by atoms with Crippen molar-refractivity contribution < 1.29 is 66.5 Å². The number of hydrogen-bond donors (Lipinski definition) is 2. The van der Waals surface area contributed by atoms with E-state index in [1.165, 1.54) is 0 Å². The minimum absolute atomic E-state index is 0.00710. The normalized spacial score (nSPS) is 17.8. The van der Waals surface area contributed by atoms with Crippen LogP contribution in [0.4, 0.5) is 0 Å². The molecule has 3 aromatic rings. The van der Waals surface area contributed by atoms with Crippen LogP contribution < -0.4 is 10.6 Å². The number of likely N-dealkylation sites (tertiary alicyclic amines) is 1. The molecule has 6 amide bonds. The second-order valence-corrected chi connectivity index (χ2v) is 21.7. The van der Waals surface area contributed by atoms with E-state index < -0.39 is 77.9 Å². The molecule has 9 atom stereocenters. The molecule has 448 valence electrons. The Bertz CT molecular complexity index is 2450. The van der Waals surface area contributed by atoms with Crippen LogP contribution >= 0.6 is 0 Å². The zero-order valence-corrected chi connectivity index (χ0v) is 49.3. The first-order valence-electron chi connectivity index (χ1n) is 28.5. The van der Waals surface area contributed by atoms with E-state index in [1.54, 1.807) is 21.1 Å². The lowest BCUT2D eigenvalue weighted by Crippen LogP contribution is -2.60. The Kier molecular flexibility index (Phi) is 27.0. The van der Waals surface area contributed by atoms with Crippen LogP contribution in [-0.4, -0.2) is 189 Å². The summed E-state index contributed by atoms with van der Waals surface area (Å²) >= 11 is 0. The van der Waals surface area contributed by atoms with Crippen LogP contribution in [0.25, 0.3) is 11.5 Å². The minimum atomic E-state index is -0.762. The number of ether oxygens (including phenoxy) is 5. The Balaban J connectivity index is 1.14. The molecule has 2 N–H and O–H groups in total. The lowest BCUT2D eigenvalue weighted by Gasteiger charge is -2.43. The predicted molar refractivity (Wildman–Crippen MR) is 299 cm³/mol. The van der Waals surface area contributed by atoms with Gasteiger partial charge < -0.3 is 43.2 Å². The molecule has 22 heteroatoms. The SMILES string of the molecule is CC[C@H](C)[C@@H]([C@@H](CC(=O)N1CCC[C@H]1[C@H](OC)[C@@H](C)C(=O)N[C@@H](Cc1ccccc1)c1nnc(-c2ccccc2)o1)OC)N(C)[C@H](C(=O)NC(=O)[C@H](C(C)C)N(C)CCOCCOCCOCCC(=O)ON1C(=O)CCC1=O)C(C)C. The number of imide groups is 2. The van der Waals surface area contributed by atoms with Gasteiger partial charge in [0.05, 0.1) is 88.7 Å². The number of carbonyl (C=O) groups is 7. The van der Waals surface area contributed by atoms with E-state index in [-0.39, 0.29) is 94.2 Å². The van der Waals surface area contributed by atoms with Crippen molar-refractivity contribution in [2.75, 3.05) is 81.0 Å². The van der Waals surface area contributed by atoms with Crippen LogP contribution in [0.1, 0.15) is 111 Å². The van der Waals surface area contributed by atoms with E-state index in [4.69, 9.17) is 32.9 Å². The summed E-state index contributed by atoms with van der Waals surface area (Å²) in [5.74, 6) is -3.65. The van der Waals surface area contributed by atoms with E-state index in [0.29, 0.717) is 43.5 Å². The highest BCUT2D eigenvalue weighted by atomic mass is 16.7. The molecule has 1 aromatic heterocycles. The summed E-state index contributed by atoms with van der Waals surface area (Å²) < 4.78 is 35.2. The molecule has 81 heavy (non-hydrogen) atoms. The van der Waals surface area contributed by atoms with Crippen LogP contribution in [0.3, 0.4) is 0 Å². The average Bonchev–Trinajstić information content (AvgIpc) is 4.42. The fourth-order valence-electron chi connectivity index (χ4n) is 10.9. The minimum Gasteiger partial charge on any atom is -0.418 e. The van der Waals surface area contributed by atoms with Gasteiger partial charge in [0, 0.05) is 58.2 Å². The van der Waals surface area contributed by atoms with Crippen LogP contribution in [0.2, 0.25) is 0 Å². The number of aromatic nitrogens is 2. The van der Waals surface area contributed by atoms with Crippen molar-refractivity contribution >= 4 is 41.4 Å². The average molecular weight is 1130 g/mol. The van der Waals surface area contributed by atoms with E-state index in [0.717, 1.165) is 24.0 Å². The molecular formula is C59H88N8O14. The zero-order chi connectivity index (χ0) is 59.2. The van der Waals surface area contributed by atoms with Gasteiger partial charge in [-0.05, 0) is 62.4 Å². The van der Waals surface area contributed by atoms with E-state index >= 15 is 0 Å². The lowest BCUT2D eigenvalue weighted by molar-refractivity contribution is -0.198. The van der Waals surface area contributed by atoms with Crippen molar-refractivity contribution in [3.05, 3.63) is 72.1 Å². The van der Waals surface area contributed by atoms with E-state index in [2.05, 4.69) is 34.7 Å². The third kappa shape index (κ3) is 19.0. The van der Waals surface area contributed by atoms with Gasteiger partial charge in [-0.15, -0.1) is 15.3 Å². The van der Waals surface area contributed by atoms with E-state index in [1.807, 2.05) is 117 Å².